The molecular formula is C34H31F3N2O3. The number of alkyl halides is 3. The van der Waals surface area contributed by atoms with E-state index in [9.17, 15) is 23.1 Å². The molecule has 1 N–H and O–H groups in total. The van der Waals surface area contributed by atoms with Gasteiger partial charge in [0.2, 0.25) is 5.76 Å². The third-order valence-corrected chi connectivity index (χ3v) is 7.56. The van der Waals surface area contributed by atoms with Gasteiger partial charge in [-0.05, 0) is 72.5 Å². The van der Waals surface area contributed by atoms with Crippen LogP contribution in [0.25, 0.3) is 22.0 Å². The predicted molar refractivity (Wildman–Crippen MR) is 156 cm³/mol. The lowest BCUT2D eigenvalue weighted by Gasteiger charge is -2.24. The van der Waals surface area contributed by atoms with Crippen molar-refractivity contribution >= 4 is 16.7 Å². The van der Waals surface area contributed by atoms with Gasteiger partial charge in [0.05, 0.1) is 17.9 Å². The summed E-state index contributed by atoms with van der Waals surface area (Å²) in [6, 6.07) is 27.6. The van der Waals surface area contributed by atoms with Gasteiger partial charge in [-0.15, -0.1) is 0 Å². The molecule has 0 amide bonds. The standard InChI is InChI=1S/C34H31F3N2O3/c1-22-11-14-24-7-4-5-8-27(24)28(22)21-39(20-26-17-18-31(42-26)34(35,36)37)19-23-12-15-25(16-13-23)29-9-6-10-30(38-29)33(2,3)32(40)41/h4-18H,19-21H2,1-3H3,(H,40,41). The van der Waals surface area contributed by atoms with Gasteiger partial charge in [-0.1, -0.05) is 66.7 Å². The number of furan rings is 1. The monoisotopic (exact) mass is 572 g/mol. The molecule has 2 heterocycles. The molecule has 0 aliphatic carbocycles. The molecule has 8 heteroatoms. The Bertz CT molecular complexity index is 1720. The molecule has 0 aliphatic heterocycles. The molecule has 0 saturated heterocycles. The second-order valence-electron chi connectivity index (χ2n) is 11.0. The summed E-state index contributed by atoms with van der Waals surface area (Å²) in [6.45, 7) is 6.43. The number of benzene rings is 3. The van der Waals surface area contributed by atoms with Crippen molar-refractivity contribution in [1.29, 1.82) is 0 Å². The fourth-order valence-electron chi connectivity index (χ4n) is 4.97. The molecule has 0 fully saturated rings. The van der Waals surface area contributed by atoms with E-state index >= 15 is 0 Å². The van der Waals surface area contributed by atoms with Crippen LogP contribution in [0, 0.1) is 6.92 Å². The Hall–Kier alpha value is -4.43. The van der Waals surface area contributed by atoms with E-state index in [2.05, 4.69) is 28.1 Å². The Morgan fingerprint density at radius 3 is 2.29 bits per heavy atom. The van der Waals surface area contributed by atoms with Crippen LogP contribution in [-0.2, 0) is 36.0 Å². The number of rotatable bonds is 9. The van der Waals surface area contributed by atoms with Crippen LogP contribution in [0.3, 0.4) is 0 Å². The van der Waals surface area contributed by atoms with E-state index in [1.807, 2.05) is 55.5 Å². The van der Waals surface area contributed by atoms with E-state index in [1.165, 1.54) is 6.07 Å². The van der Waals surface area contributed by atoms with Gasteiger partial charge in [0.15, 0.2) is 0 Å². The van der Waals surface area contributed by atoms with Crippen LogP contribution in [0.2, 0.25) is 0 Å². The van der Waals surface area contributed by atoms with Crippen molar-refractivity contribution in [3.63, 3.8) is 0 Å². The van der Waals surface area contributed by atoms with Gasteiger partial charge in [0.25, 0.3) is 0 Å². The molecule has 42 heavy (non-hydrogen) atoms. The van der Waals surface area contributed by atoms with Gasteiger partial charge in [-0.2, -0.15) is 13.2 Å². The fourth-order valence-corrected chi connectivity index (χ4v) is 4.97. The van der Waals surface area contributed by atoms with Crippen LogP contribution < -0.4 is 0 Å². The summed E-state index contributed by atoms with van der Waals surface area (Å²) in [5, 5.41) is 11.8. The van der Waals surface area contributed by atoms with E-state index in [0.717, 1.165) is 39.1 Å². The third-order valence-electron chi connectivity index (χ3n) is 7.56. The summed E-state index contributed by atoms with van der Waals surface area (Å²) in [4.78, 5) is 18.4. The highest BCUT2D eigenvalue weighted by Crippen LogP contribution is 2.32. The lowest BCUT2D eigenvalue weighted by atomic mass is 9.88. The van der Waals surface area contributed by atoms with Crippen molar-refractivity contribution in [2.45, 2.75) is 52.0 Å². The van der Waals surface area contributed by atoms with Crippen LogP contribution in [-0.4, -0.2) is 21.0 Å². The maximum Gasteiger partial charge on any atom is 0.449 e. The van der Waals surface area contributed by atoms with Crippen molar-refractivity contribution < 1.29 is 27.5 Å². The van der Waals surface area contributed by atoms with Gasteiger partial charge >= 0.3 is 12.1 Å². The topological polar surface area (TPSA) is 66.6 Å². The number of carbonyl (C=O) groups is 1. The third kappa shape index (κ3) is 6.24. The number of hydrogen-bond donors (Lipinski definition) is 1. The first kappa shape index (κ1) is 29.1. The minimum Gasteiger partial charge on any atom is -0.481 e. The highest BCUT2D eigenvalue weighted by Gasteiger charge is 2.35. The molecule has 0 saturated carbocycles. The summed E-state index contributed by atoms with van der Waals surface area (Å²) >= 11 is 0. The van der Waals surface area contributed by atoms with Gasteiger partial charge in [0, 0.05) is 18.7 Å². The van der Waals surface area contributed by atoms with E-state index < -0.39 is 23.3 Å². The summed E-state index contributed by atoms with van der Waals surface area (Å²) in [5.74, 6) is -1.73. The van der Waals surface area contributed by atoms with Crippen molar-refractivity contribution in [3.8, 4) is 11.3 Å². The molecule has 3 aromatic carbocycles. The molecular weight excluding hydrogens is 541 g/mol. The molecule has 216 valence electrons. The zero-order chi connectivity index (χ0) is 30.1. The van der Waals surface area contributed by atoms with E-state index in [1.54, 1.807) is 26.0 Å². The van der Waals surface area contributed by atoms with Gasteiger partial charge in [-0.25, -0.2) is 0 Å². The van der Waals surface area contributed by atoms with E-state index in [-0.39, 0.29) is 12.3 Å². The Morgan fingerprint density at radius 2 is 1.60 bits per heavy atom. The quantitative estimate of drug-likeness (QED) is 0.192. The number of carboxylic acid groups (broad SMARTS) is 1. The smallest absolute Gasteiger partial charge is 0.449 e. The molecule has 0 atom stereocenters. The maximum atomic E-state index is 13.2. The molecule has 5 nitrogen and oxygen atoms in total. The van der Waals surface area contributed by atoms with Crippen LogP contribution in [0.4, 0.5) is 13.2 Å². The summed E-state index contributed by atoms with van der Waals surface area (Å²) in [6.07, 6.45) is -4.55. The molecule has 0 aliphatic rings. The van der Waals surface area contributed by atoms with Gasteiger partial charge in [-0.3, -0.25) is 14.7 Å². The number of nitrogens with zero attached hydrogens (tertiary/aromatic N) is 2. The SMILES string of the molecule is Cc1ccc2ccccc2c1CN(Cc1ccc(-c2cccc(C(C)(C)C(=O)O)n2)cc1)Cc1ccc(C(F)(F)F)o1. The van der Waals surface area contributed by atoms with E-state index in [0.29, 0.717) is 24.5 Å². The number of pyridine rings is 1. The Kier molecular flexibility index (Phi) is 7.93. The van der Waals surface area contributed by atoms with Crippen molar-refractivity contribution in [2.24, 2.45) is 0 Å². The fraction of sp³-hybridized carbons (Fsp3) is 0.235. The largest absolute Gasteiger partial charge is 0.481 e. The number of halogens is 3. The lowest BCUT2D eigenvalue weighted by molar-refractivity contribution is -0.153. The summed E-state index contributed by atoms with van der Waals surface area (Å²) < 4.78 is 44.9. The molecule has 5 aromatic rings. The van der Waals surface area contributed by atoms with Crippen molar-refractivity contribution in [1.82, 2.24) is 9.88 Å². The average molecular weight is 573 g/mol. The number of aryl methyl sites for hydroxylation is 1. The van der Waals surface area contributed by atoms with Crippen LogP contribution in [0.1, 0.15) is 47.8 Å². The van der Waals surface area contributed by atoms with Gasteiger partial charge in [0.1, 0.15) is 11.2 Å². The second kappa shape index (κ2) is 11.4. The Balaban J connectivity index is 1.43. The minimum atomic E-state index is -4.55. The Morgan fingerprint density at radius 1 is 0.857 bits per heavy atom. The highest BCUT2D eigenvalue weighted by molar-refractivity contribution is 5.86. The van der Waals surface area contributed by atoms with Crippen LogP contribution in [0.15, 0.2) is 95.4 Å². The normalized spacial score (nSPS) is 12.3. The molecule has 0 radical (unpaired) electrons. The lowest BCUT2D eigenvalue weighted by Crippen LogP contribution is -2.29. The van der Waals surface area contributed by atoms with Crippen molar-refractivity contribution in [3.05, 3.63) is 125 Å². The van der Waals surface area contributed by atoms with Gasteiger partial charge < -0.3 is 9.52 Å². The first-order valence-corrected chi connectivity index (χ1v) is 13.6. The highest BCUT2D eigenvalue weighted by atomic mass is 19.4. The number of carboxylic acids is 1. The molecule has 5 rings (SSSR count). The van der Waals surface area contributed by atoms with Crippen LogP contribution in [0.5, 0.6) is 0 Å². The number of fused-ring (bicyclic) bond motifs is 1. The second-order valence-corrected chi connectivity index (χ2v) is 11.0. The minimum absolute atomic E-state index is 0.189. The van der Waals surface area contributed by atoms with Crippen LogP contribution >= 0.6 is 0 Å². The van der Waals surface area contributed by atoms with E-state index in [4.69, 9.17) is 4.42 Å². The molecule has 0 bridgehead atoms. The Labute approximate surface area is 242 Å². The molecule has 0 unspecified atom stereocenters. The average Bonchev–Trinajstić information content (AvgIpc) is 3.44. The number of aromatic nitrogens is 1. The molecule has 0 spiro atoms. The first-order valence-electron chi connectivity index (χ1n) is 13.6. The first-order chi connectivity index (χ1) is 19.9. The summed E-state index contributed by atoms with van der Waals surface area (Å²) in [7, 11) is 0. The molecule has 2 aromatic heterocycles. The maximum absolute atomic E-state index is 13.2. The number of aliphatic carboxylic acids is 1. The van der Waals surface area contributed by atoms with Crippen molar-refractivity contribution in [2.75, 3.05) is 0 Å². The number of hydrogen-bond acceptors (Lipinski definition) is 4. The zero-order valence-electron chi connectivity index (χ0n) is 23.6. The predicted octanol–water partition coefficient (Wildman–Crippen LogP) is 8.39. The zero-order valence-corrected chi connectivity index (χ0v) is 23.6. The summed E-state index contributed by atoms with van der Waals surface area (Å²) in [5.41, 5.74) is 3.99.